The van der Waals surface area contributed by atoms with E-state index in [1.54, 1.807) is 0 Å². The molecule has 6 heteroatoms. The number of hydrogen-bond donors (Lipinski definition) is 0. The number of alkyl halides is 1. The molecule has 0 aliphatic heterocycles. The number of benzene rings is 1. The fourth-order valence-electron chi connectivity index (χ4n) is 2.39. The van der Waals surface area contributed by atoms with E-state index in [0.29, 0.717) is 6.42 Å². The van der Waals surface area contributed by atoms with Crippen LogP contribution in [0.15, 0.2) is 24.3 Å². The first-order valence-electron chi connectivity index (χ1n) is 8.64. The molecule has 1 atom stereocenters. The maximum atomic E-state index is 13.8. The second-order valence-corrected chi connectivity index (χ2v) is 5.90. The summed E-state index contributed by atoms with van der Waals surface area (Å²) in [5.41, 5.74) is -0.106. The van der Waals surface area contributed by atoms with Crippen molar-refractivity contribution in [3.8, 4) is 5.75 Å². The van der Waals surface area contributed by atoms with E-state index in [9.17, 15) is 19.3 Å². The molecule has 1 unspecified atom stereocenters. The highest BCUT2D eigenvalue weighted by molar-refractivity contribution is 5.77. The van der Waals surface area contributed by atoms with Gasteiger partial charge in [0.05, 0.1) is 4.92 Å². The van der Waals surface area contributed by atoms with E-state index >= 15 is 0 Å². The lowest BCUT2D eigenvalue weighted by Gasteiger charge is -2.08. The van der Waals surface area contributed by atoms with Crippen molar-refractivity contribution in [2.24, 2.45) is 0 Å². The Bertz CT molecular complexity index is 504. The van der Waals surface area contributed by atoms with Crippen molar-refractivity contribution in [3.05, 3.63) is 34.4 Å². The van der Waals surface area contributed by atoms with Gasteiger partial charge in [-0.3, -0.25) is 10.1 Å². The minimum atomic E-state index is -1.65. The van der Waals surface area contributed by atoms with Gasteiger partial charge in [0.1, 0.15) is 5.75 Å². The predicted octanol–water partition coefficient (Wildman–Crippen LogP) is 5.37. The average Bonchev–Trinajstić information content (AvgIpc) is 2.57. The first-order chi connectivity index (χ1) is 11.5. The fourth-order valence-corrected chi connectivity index (χ4v) is 2.39. The molecule has 0 radical (unpaired) electrons. The minimum absolute atomic E-state index is 0.106. The number of halogens is 1. The number of carbonyl (C=O) groups is 1. The van der Waals surface area contributed by atoms with E-state index in [2.05, 4.69) is 6.92 Å². The molecule has 0 saturated carbocycles. The number of ether oxygens (including phenoxy) is 1. The van der Waals surface area contributed by atoms with E-state index in [1.807, 2.05) is 0 Å². The van der Waals surface area contributed by atoms with Crippen LogP contribution in [0, 0.1) is 10.1 Å². The van der Waals surface area contributed by atoms with Crippen molar-refractivity contribution in [2.75, 3.05) is 0 Å². The lowest BCUT2D eigenvalue weighted by molar-refractivity contribution is -0.384. The van der Waals surface area contributed by atoms with E-state index in [1.165, 1.54) is 49.9 Å². The van der Waals surface area contributed by atoms with E-state index in [0.717, 1.165) is 19.3 Å². The summed E-state index contributed by atoms with van der Waals surface area (Å²) in [7, 11) is 0. The first kappa shape index (κ1) is 20.1. The van der Waals surface area contributed by atoms with Gasteiger partial charge in [0.2, 0.25) is 0 Å². The zero-order valence-corrected chi connectivity index (χ0v) is 14.2. The highest BCUT2D eigenvalue weighted by Gasteiger charge is 2.19. The number of esters is 1. The van der Waals surface area contributed by atoms with Gasteiger partial charge in [-0.1, -0.05) is 51.9 Å². The normalized spacial score (nSPS) is 11.9. The van der Waals surface area contributed by atoms with Crippen LogP contribution in [0.1, 0.15) is 64.7 Å². The highest BCUT2D eigenvalue weighted by atomic mass is 19.1. The minimum Gasteiger partial charge on any atom is -0.424 e. The van der Waals surface area contributed by atoms with Crippen molar-refractivity contribution in [3.63, 3.8) is 0 Å². The molecule has 0 spiro atoms. The van der Waals surface area contributed by atoms with Gasteiger partial charge < -0.3 is 4.74 Å². The number of nitro groups is 1. The number of nitrogens with zero attached hydrogens (tertiary/aromatic N) is 1. The number of non-ortho nitro benzene ring substituents is 1. The third-order valence-electron chi connectivity index (χ3n) is 3.83. The Balaban J connectivity index is 2.19. The van der Waals surface area contributed by atoms with Crippen LogP contribution in [0.2, 0.25) is 0 Å². The van der Waals surface area contributed by atoms with E-state index in [4.69, 9.17) is 4.74 Å². The van der Waals surface area contributed by atoms with Gasteiger partial charge in [0.15, 0.2) is 6.17 Å². The summed E-state index contributed by atoms with van der Waals surface area (Å²) < 4.78 is 18.7. The molecule has 0 aromatic heterocycles. The monoisotopic (exact) mass is 339 g/mol. The van der Waals surface area contributed by atoms with Crippen molar-refractivity contribution in [1.82, 2.24) is 0 Å². The summed E-state index contributed by atoms with van der Waals surface area (Å²) in [6.45, 7) is 2.18. The third kappa shape index (κ3) is 8.04. The molecule has 5 nitrogen and oxygen atoms in total. The molecule has 0 aliphatic carbocycles. The molecule has 0 amide bonds. The van der Waals surface area contributed by atoms with Gasteiger partial charge in [-0.05, 0) is 25.0 Å². The van der Waals surface area contributed by atoms with Crippen LogP contribution in [0.5, 0.6) is 5.75 Å². The summed E-state index contributed by atoms with van der Waals surface area (Å²) >= 11 is 0. The van der Waals surface area contributed by atoms with Gasteiger partial charge in [-0.2, -0.15) is 0 Å². The quantitative estimate of drug-likeness (QED) is 0.169. The topological polar surface area (TPSA) is 69.4 Å². The maximum absolute atomic E-state index is 13.8. The lowest BCUT2D eigenvalue weighted by atomic mass is 10.1. The van der Waals surface area contributed by atoms with Crippen LogP contribution in [-0.2, 0) is 4.79 Å². The molecule has 0 bridgehead atoms. The Hall–Kier alpha value is -1.98. The van der Waals surface area contributed by atoms with Gasteiger partial charge in [0.25, 0.3) is 5.69 Å². The molecule has 0 saturated heterocycles. The van der Waals surface area contributed by atoms with Crippen molar-refractivity contribution in [2.45, 2.75) is 70.9 Å². The zero-order valence-electron chi connectivity index (χ0n) is 14.2. The van der Waals surface area contributed by atoms with Crippen LogP contribution in [0.25, 0.3) is 0 Å². The molecular weight excluding hydrogens is 313 g/mol. The van der Waals surface area contributed by atoms with E-state index < -0.39 is 17.1 Å². The molecule has 1 aromatic rings. The molecule has 0 aliphatic rings. The Morgan fingerprint density at radius 3 is 2.17 bits per heavy atom. The Labute approximate surface area is 142 Å². The molecule has 0 fully saturated rings. The van der Waals surface area contributed by atoms with E-state index in [-0.39, 0.29) is 17.9 Å². The number of hydrogen-bond acceptors (Lipinski definition) is 4. The van der Waals surface area contributed by atoms with Gasteiger partial charge in [-0.25, -0.2) is 9.18 Å². The number of unbranched alkanes of at least 4 members (excludes halogenated alkanes) is 7. The van der Waals surface area contributed by atoms with Gasteiger partial charge >= 0.3 is 5.97 Å². The largest absolute Gasteiger partial charge is 0.424 e. The molecule has 1 rings (SSSR count). The summed E-state index contributed by atoms with van der Waals surface area (Å²) in [6.07, 6.45) is 7.25. The fraction of sp³-hybridized carbons (Fsp3) is 0.611. The van der Waals surface area contributed by atoms with Crippen molar-refractivity contribution < 1.29 is 18.8 Å². The predicted molar refractivity (Wildman–Crippen MR) is 90.9 cm³/mol. The molecule has 24 heavy (non-hydrogen) atoms. The van der Waals surface area contributed by atoms with Crippen molar-refractivity contribution >= 4 is 11.7 Å². The Kier molecular flexibility index (Phi) is 9.65. The Morgan fingerprint density at radius 1 is 1.08 bits per heavy atom. The molecule has 134 valence electrons. The number of nitro benzene ring substituents is 1. The molecule has 1 aromatic carbocycles. The summed E-state index contributed by atoms with van der Waals surface area (Å²) in [5, 5.41) is 10.5. The van der Waals surface area contributed by atoms with Crippen LogP contribution in [0.3, 0.4) is 0 Å². The highest BCUT2D eigenvalue weighted by Crippen LogP contribution is 2.19. The molecular formula is C18H26FNO4. The summed E-state index contributed by atoms with van der Waals surface area (Å²) in [4.78, 5) is 21.6. The third-order valence-corrected chi connectivity index (χ3v) is 3.83. The lowest BCUT2D eigenvalue weighted by Crippen LogP contribution is -2.21. The van der Waals surface area contributed by atoms with Crippen LogP contribution in [-0.4, -0.2) is 17.1 Å². The first-order valence-corrected chi connectivity index (χ1v) is 8.64. The second kappa shape index (κ2) is 11.5. The second-order valence-electron chi connectivity index (χ2n) is 5.90. The Morgan fingerprint density at radius 2 is 1.62 bits per heavy atom. The van der Waals surface area contributed by atoms with Crippen molar-refractivity contribution in [1.29, 1.82) is 0 Å². The number of carbonyl (C=O) groups excluding carboxylic acids is 1. The molecule has 0 N–H and O–H groups in total. The standard InChI is InChI=1S/C18H26FNO4/c1-2-3-4-5-6-7-8-9-10-17(19)18(21)24-16-13-11-15(12-14-16)20(22)23/h11-14,17H,2-10H2,1H3. The zero-order chi connectivity index (χ0) is 17.8. The number of rotatable bonds is 12. The van der Waals surface area contributed by atoms with Crippen LogP contribution >= 0.6 is 0 Å². The molecule has 0 heterocycles. The summed E-state index contributed by atoms with van der Waals surface area (Å²) in [5.74, 6) is -0.823. The summed E-state index contributed by atoms with van der Waals surface area (Å²) in [6, 6.07) is 5.01. The van der Waals surface area contributed by atoms with Crippen LogP contribution < -0.4 is 4.74 Å². The van der Waals surface area contributed by atoms with Crippen LogP contribution in [0.4, 0.5) is 10.1 Å². The maximum Gasteiger partial charge on any atom is 0.346 e. The SMILES string of the molecule is CCCCCCCCCCC(F)C(=O)Oc1ccc([N+](=O)[O-])cc1. The van der Waals surface area contributed by atoms with Gasteiger partial charge in [-0.15, -0.1) is 0 Å². The van der Waals surface area contributed by atoms with Gasteiger partial charge in [0, 0.05) is 12.1 Å². The smallest absolute Gasteiger partial charge is 0.346 e. The average molecular weight is 339 g/mol.